The smallest absolute Gasteiger partial charge is 0.324 e. The highest BCUT2D eigenvalue weighted by Crippen LogP contribution is 2.38. The van der Waals surface area contributed by atoms with Crippen LogP contribution >= 0.6 is 23.1 Å². The molecule has 0 saturated carbocycles. The highest BCUT2D eigenvalue weighted by Gasteiger charge is 2.48. The van der Waals surface area contributed by atoms with Gasteiger partial charge in [0.1, 0.15) is 6.04 Å². The normalized spacial score (nSPS) is 16.4. The molecule has 2 amide bonds. The number of para-hydroxylation sites is 2. The number of halogens is 3. The van der Waals surface area contributed by atoms with Crippen LogP contribution in [0.2, 0.25) is 0 Å². The summed E-state index contributed by atoms with van der Waals surface area (Å²) >= 11 is 2.40. The fourth-order valence-electron chi connectivity index (χ4n) is 3.25. The van der Waals surface area contributed by atoms with Gasteiger partial charge in [-0.15, -0.1) is 11.3 Å². The molecule has 0 aliphatic carbocycles. The van der Waals surface area contributed by atoms with Crippen LogP contribution in [0.5, 0.6) is 0 Å². The number of nitrogens with one attached hydrogen (secondary N) is 1. The summed E-state index contributed by atoms with van der Waals surface area (Å²) in [6.07, 6.45) is -5.61. The van der Waals surface area contributed by atoms with E-state index in [4.69, 9.17) is 0 Å². The lowest BCUT2D eigenvalue weighted by Gasteiger charge is -2.31. The van der Waals surface area contributed by atoms with Gasteiger partial charge in [0, 0.05) is 10.9 Å². The summed E-state index contributed by atoms with van der Waals surface area (Å²) in [5, 5.41) is 4.29. The monoisotopic (exact) mass is 463 g/mol. The SMILES string of the molecule is O=C1CC(C(F)(F)F)N(C(=O)CSc2nc(-c3ccccc3)cs2)c2ccccc2N1. The number of hydrogen-bond donors (Lipinski definition) is 1. The summed E-state index contributed by atoms with van der Waals surface area (Å²) < 4.78 is 41.9. The van der Waals surface area contributed by atoms with Crippen LogP contribution in [0.1, 0.15) is 6.42 Å². The summed E-state index contributed by atoms with van der Waals surface area (Å²) in [6.45, 7) is 0. The van der Waals surface area contributed by atoms with Crippen LogP contribution in [-0.4, -0.2) is 34.8 Å². The molecule has 0 bridgehead atoms. The number of rotatable bonds is 4. The number of anilines is 2. The Morgan fingerprint density at radius 2 is 1.87 bits per heavy atom. The molecular weight excluding hydrogens is 447 g/mol. The fraction of sp³-hybridized carbons (Fsp3) is 0.190. The van der Waals surface area contributed by atoms with E-state index >= 15 is 0 Å². The maximum absolute atomic E-state index is 13.8. The van der Waals surface area contributed by atoms with Gasteiger partial charge in [-0.1, -0.05) is 54.2 Å². The molecule has 3 aromatic rings. The fourth-order valence-corrected chi connectivity index (χ4v) is 4.95. The average Bonchev–Trinajstić information content (AvgIpc) is 3.15. The van der Waals surface area contributed by atoms with E-state index in [1.807, 2.05) is 35.7 Å². The molecule has 31 heavy (non-hydrogen) atoms. The number of carbonyl (C=O) groups excluding carboxylic acids is 2. The predicted octanol–water partition coefficient (Wildman–Crippen LogP) is 5.21. The van der Waals surface area contributed by atoms with Gasteiger partial charge < -0.3 is 5.32 Å². The van der Waals surface area contributed by atoms with E-state index < -0.39 is 30.5 Å². The Hall–Kier alpha value is -2.85. The van der Waals surface area contributed by atoms with Gasteiger partial charge in [-0.3, -0.25) is 14.5 Å². The van der Waals surface area contributed by atoms with Crippen molar-refractivity contribution < 1.29 is 22.8 Å². The molecule has 0 fully saturated rings. The first-order valence-corrected chi connectivity index (χ1v) is 11.1. The molecule has 4 rings (SSSR count). The zero-order chi connectivity index (χ0) is 22.0. The Morgan fingerprint density at radius 3 is 2.61 bits per heavy atom. The quantitative estimate of drug-likeness (QED) is 0.540. The molecule has 1 aromatic heterocycles. The standard InChI is InChI=1S/C21H16F3N3O2S2/c22-21(23,24)17-10-18(28)25-14-8-4-5-9-16(14)27(17)19(29)12-31-20-26-15(11-30-20)13-6-2-1-3-7-13/h1-9,11,17H,10,12H2,(H,25,28). The van der Waals surface area contributed by atoms with Crippen molar-refractivity contribution in [3.05, 3.63) is 60.0 Å². The van der Waals surface area contributed by atoms with Crippen LogP contribution in [-0.2, 0) is 9.59 Å². The zero-order valence-corrected chi connectivity index (χ0v) is 17.6. The van der Waals surface area contributed by atoms with Gasteiger partial charge in [-0.05, 0) is 12.1 Å². The maximum atomic E-state index is 13.8. The Bertz CT molecular complexity index is 1100. The number of aromatic nitrogens is 1. The molecule has 160 valence electrons. The predicted molar refractivity (Wildman–Crippen MR) is 115 cm³/mol. The van der Waals surface area contributed by atoms with Gasteiger partial charge in [0.05, 0.1) is 29.2 Å². The molecule has 0 saturated heterocycles. The number of fused-ring (bicyclic) bond motifs is 1. The Morgan fingerprint density at radius 1 is 1.16 bits per heavy atom. The lowest BCUT2D eigenvalue weighted by atomic mass is 10.1. The van der Waals surface area contributed by atoms with Crippen LogP contribution < -0.4 is 10.2 Å². The van der Waals surface area contributed by atoms with Crippen molar-refractivity contribution in [2.45, 2.75) is 23.0 Å². The molecular formula is C21H16F3N3O2S2. The van der Waals surface area contributed by atoms with Crippen LogP contribution in [0.3, 0.4) is 0 Å². The van der Waals surface area contributed by atoms with Gasteiger partial charge in [0.2, 0.25) is 11.8 Å². The summed E-state index contributed by atoms with van der Waals surface area (Å²) in [5.41, 5.74) is 1.87. The largest absolute Gasteiger partial charge is 0.409 e. The van der Waals surface area contributed by atoms with Gasteiger partial charge >= 0.3 is 6.18 Å². The summed E-state index contributed by atoms with van der Waals surface area (Å²) in [7, 11) is 0. The molecule has 1 aliphatic heterocycles. The highest BCUT2D eigenvalue weighted by atomic mass is 32.2. The van der Waals surface area contributed by atoms with Crippen molar-refractivity contribution >= 4 is 46.3 Å². The second-order valence-electron chi connectivity index (χ2n) is 6.74. The van der Waals surface area contributed by atoms with E-state index in [0.29, 0.717) is 9.24 Å². The molecule has 2 aromatic carbocycles. The van der Waals surface area contributed by atoms with Crippen LogP contribution in [0, 0.1) is 0 Å². The Labute approximate surface area is 184 Å². The van der Waals surface area contributed by atoms with Gasteiger partial charge in [-0.25, -0.2) is 4.98 Å². The number of benzene rings is 2. The van der Waals surface area contributed by atoms with E-state index in [1.54, 1.807) is 6.07 Å². The van der Waals surface area contributed by atoms with Crippen molar-refractivity contribution in [2.75, 3.05) is 16.0 Å². The summed E-state index contributed by atoms with van der Waals surface area (Å²) in [4.78, 5) is 30.1. The van der Waals surface area contributed by atoms with Crippen molar-refractivity contribution in [1.29, 1.82) is 0 Å². The van der Waals surface area contributed by atoms with E-state index in [0.717, 1.165) is 23.0 Å². The van der Waals surface area contributed by atoms with E-state index in [-0.39, 0.29) is 17.1 Å². The third kappa shape index (κ3) is 4.75. The van der Waals surface area contributed by atoms with Crippen molar-refractivity contribution in [3.8, 4) is 11.3 Å². The minimum Gasteiger partial charge on any atom is -0.324 e. The van der Waals surface area contributed by atoms with Crippen LogP contribution in [0.25, 0.3) is 11.3 Å². The van der Waals surface area contributed by atoms with Crippen molar-refractivity contribution in [3.63, 3.8) is 0 Å². The number of thiazole rings is 1. The number of amides is 2. The van der Waals surface area contributed by atoms with E-state index in [1.165, 1.54) is 29.5 Å². The van der Waals surface area contributed by atoms with Crippen LogP contribution in [0.15, 0.2) is 64.3 Å². The average molecular weight is 464 g/mol. The lowest BCUT2D eigenvalue weighted by Crippen LogP contribution is -2.50. The molecule has 1 aliphatic rings. The first-order valence-electron chi connectivity index (χ1n) is 9.24. The Balaban J connectivity index is 1.57. The second kappa shape index (κ2) is 8.72. The van der Waals surface area contributed by atoms with E-state index in [9.17, 15) is 22.8 Å². The first-order chi connectivity index (χ1) is 14.8. The number of nitrogens with zero attached hydrogens (tertiary/aromatic N) is 2. The van der Waals surface area contributed by atoms with Gasteiger partial charge in [0.15, 0.2) is 4.34 Å². The second-order valence-corrected chi connectivity index (χ2v) is 8.82. The van der Waals surface area contributed by atoms with Crippen LogP contribution in [0.4, 0.5) is 24.5 Å². The number of thioether (sulfide) groups is 1. The molecule has 0 spiro atoms. The topological polar surface area (TPSA) is 62.3 Å². The summed E-state index contributed by atoms with van der Waals surface area (Å²) in [6, 6.07) is 13.2. The molecule has 10 heteroatoms. The molecule has 1 unspecified atom stereocenters. The Kier molecular flexibility index (Phi) is 6.01. The molecule has 1 atom stereocenters. The molecule has 1 N–H and O–H groups in total. The van der Waals surface area contributed by atoms with Gasteiger partial charge in [0.25, 0.3) is 0 Å². The number of hydrogen-bond acceptors (Lipinski definition) is 5. The van der Waals surface area contributed by atoms with Crippen molar-refractivity contribution in [1.82, 2.24) is 4.98 Å². The molecule has 5 nitrogen and oxygen atoms in total. The number of carbonyl (C=O) groups is 2. The zero-order valence-electron chi connectivity index (χ0n) is 15.9. The van der Waals surface area contributed by atoms with Gasteiger partial charge in [-0.2, -0.15) is 13.2 Å². The summed E-state index contributed by atoms with van der Waals surface area (Å²) in [5.74, 6) is -1.77. The van der Waals surface area contributed by atoms with Crippen molar-refractivity contribution in [2.24, 2.45) is 0 Å². The van der Waals surface area contributed by atoms with E-state index in [2.05, 4.69) is 10.3 Å². The highest BCUT2D eigenvalue weighted by molar-refractivity contribution is 8.01. The molecule has 0 radical (unpaired) electrons. The third-order valence-corrected chi connectivity index (χ3v) is 6.65. The minimum atomic E-state index is -4.75. The number of alkyl halides is 3. The lowest BCUT2D eigenvalue weighted by molar-refractivity contribution is -0.157. The minimum absolute atomic E-state index is 0.0328. The molecule has 2 heterocycles. The maximum Gasteiger partial charge on any atom is 0.409 e. The third-order valence-electron chi connectivity index (χ3n) is 4.65. The first kappa shape index (κ1) is 21.4.